The minimum Gasteiger partial charge on any atom is -0.497 e. The number of pyridine rings is 1. The second-order valence-corrected chi connectivity index (χ2v) is 7.02. The molecule has 1 aromatic heterocycles. The SMILES string of the molecule is CCNC(=NCC(O)c1cc(OC)cc(OC)c1)N1CCN(c2ccccn2)CC1.I. The Kier molecular flexibility index (Phi) is 10.1. The number of aliphatic imine (C=N–C) groups is 1. The van der Waals surface area contributed by atoms with Crippen molar-refractivity contribution >= 4 is 35.8 Å². The van der Waals surface area contributed by atoms with E-state index in [2.05, 4.69) is 25.1 Å². The number of hydrogen-bond donors (Lipinski definition) is 2. The molecule has 31 heavy (non-hydrogen) atoms. The van der Waals surface area contributed by atoms with E-state index in [9.17, 15) is 5.11 Å². The van der Waals surface area contributed by atoms with Gasteiger partial charge in [-0.25, -0.2) is 4.98 Å². The summed E-state index contributed by atoms with van der Waals surface area (Å²) in [4.78, 5) is 13.6. The van der Waals surface area contributed by atoms with Gasteiger partial charge in [-0.2, -0.15) is 0 Å². The Morgan fingerprint density at radius 2 is 1.81 bits per heavy atom. The van der Waals surface area contributed by atoms with Crippen molar-refractivity contribution in [1.82, 2.24) is 15.2 Å². The number of rotatable bonds is 7. The van der Waals surface area contributed by atoms with E-state index in [0.29, 0.717) is 17.1 Å². The molecule has 1 saturated heterocycles. The van der Waals surface area contributed by atoms with Gasteiger partial charge in [-0.15, -0.1) is 24.0 Å². The largest absolute Gasteiger partial charge is 0.497 e. The molecule has 2 heterocycles. The van der Waals surface area contributed by atoms with Crippen LogP contribution in [0.25, 0.3) is 0 Å². The first-order valence-corrected chi connectivity index (χ1v) is 10.2. The average Bonchev–Trinajstić information content (AvgIpc) is 2.81. The van der Waals surface area contributed by atoms with E-state index in [1.54, 1.807) is 32.4 Å². The maximum Gasteiger partial charge on any atom is 0.194 e. The van der Waals surface area contributed by atoms with Crippen molar-refractivity contribution in [2.45, 2.75) is 13.0 Å². The van der Waals surface area contributed by atoms with Crippen LogP contribution in [0.4, 0.5) is 5.82 Å². The molecule has 1 aliphatic heterocycles. The van der Waals surface area contributed by atoms with Gasteiger partial charge in [0.2, 0.25) is 0 Å². The Morgan fingerprint density at radius 1 is 1.13 bits per heavy atom. The summed E-state index contributed by atoms with van der Waals surface area (Å²) in [6.45, 7) is 6.48. The lowest BCUT2D eigenvalue weighted by Gasteiger charge is -2.37. The van der Waals surface area contributed by atoms with Gasteiger partial charge in [0, 0.05) is 45.0 Å². The van der Waals surface area contributed by atoms with E-state index >= 15 is 0 Å². The van der Waals surface area contributed by atoms with Gasteiger partial charge in [-0.1, -0.05) is 6.07 Å². The monoisotopic (exact) mass is 541 g/mol. The molecular formula is C22H32IN5O3. The number of hydrogen-bond acceptors (Lipinski definition) is 6. The van der Waals surface area contributed by atoms with Crippen LogP contribution in [-0.4, -0.2) is 74.4 Å². The molecule has 1 unspecified atom stereocenters. The Morgan fingerprint density at radius 3 is 2.35 bits per heavy atom. The standard InChI is InChI=1S/C22H31N5O3.HI/c1-4-23-22(27-11-9-26(10-12-27)21-7-5-6-8-24-21)25-16-20(28)17-13-18(29-2)15-19(14-17)30-3;/h5-8,13-15,20,28H,4,9-12,16H2,1-3H3,(H,23,25);1H. The van der Waals surface area contributed by atoms with E-state index in [4.69, 9.17) is 9.47 Å². The molecule has 1 aliphatic rings. The fourth-order valence-electron chi connectivity index (χ4n) is 3.41. The van der Waals surface area contributed by atoms with Crippen LogP contribution in [0.5, 0.6) is 11.5 Å². The second-order valence-electron chi connectivity index (χ2n) is 7.02. The van der Waals surface area contributed by atoms with Crippen molar-refractivity contribution < 1.29 is 14.6 Å². The maximum atomic E-state index is 10.7. The molecule has 0 amide bonds. The van der Waals surface area contributed by atoms with Crippen molar-refractivity contribution in [2.24, 2.45) is 4.99 Å². The number of guanidine groups is 1. The first kappa shape index (κ1) is 25.0. The third kappa shape index (κ3) is 6.86. The lowest BCUT2D eigenvalue weighted by molar-refractivity contribution is 0.185. The minimum absolute atomic E-state index is 0. The molecule has 0 bridgehead atoms. The number of ether oxygens (including phenoxy) is 2. The lowest BCUT2D eigenvalue weighted by atomic mass is 10.1. The van der Waals surface area contributed by atoms with Crippen LogP contribution in [0, 0.1) is 0 Å². The zero-order valence-electron chi connectivity index (χ0n) is 18.3. The van der Waals surface area contributed by atoms with Crippen LogP contribution < -0.4 is 19.7 Å². The zero-order valence-corrected chi connectivity index (χ0v) is 20.7. The smallest absolute Gasteiger partial charge is 0.194 e. The molecule has 2 N–H and O–H groups in total. The van der Waals surface area contributed by atoms with Gasteiger partial charge in [0.25, 0.3) is 0 Å². The molecule has 0 spiro atoms. The topological polar surface area (TPSA) is 82.5 Å². The fraction of sp³-hybridized carbons (Fsp3) is 0.455. The maximum absolute atomic E-state index is 10.7. The number of aromatic nitrogens is 1. The van der Waals surface area contributed by atoms with Crippen LogP contribution in [0.3, 0.4) is 0 Å². The van der Waals surface area contributed by atoms with Crippen molar-refractivity contribution in [3.63, 3.8) is 0 Å². The Labute approximate surface area is 201 Å². The molecule has 9 heteroatoms. The van der Waals surface area contributed by atoms with Gasteiger partial charge in [0.15, 0.2) is 5.96 Å². The van der Waals surface area contributed by atoms with Gasteiger partial charge in [0.1, 0.15) is 17.3 Å². The van der Waals surface area contributed by atoms with Gasteiger partial charge in [-0.05, 0) is 36.8 Å². The van der Waals surface area contributed by atoms with Crippen molar-refractivity contribution in [1.29, 1.82) is 0 Å². The van der Waals surface area contributed by atoms with Gasteiger partial charge in [-0.3, -0.25) is 4.99 Å². The number of halogens is 1. The molecular weight excluding hydrogens is 509 g/mol. The molecule has 1 atom stereocenters. The number of benzene rings is 1. The molecule has 1 aromatic carbocycles. The summed E-state index contributed by atoms with van der Waals surface area (Å²) in [5.41, 5.74) is 0.714. The van der Waals surface area contributed by atoms with E-state index in [1.165, 1.54) is 0 Å². The van der Waals surface area contributed by atoms with E-state index in [1.807, 2.05) is 31.3 Å². The molecule has 3 rings (SSSR count). The van der Waals surface area contributed by atoms with Gasteiger partial charge >= 0.3 is 0 Å². The number of aliphatic hydroxyl groups excluding tert-OH is 1. The van der Waals surface area contributed by atoms with Crippen molar-refractivity contribution in [3.05, 3.63) is 48.2 Å². The number of nitrogens with zero attached hydrogens (tertiary/aromatic N) is 4. The van der Waals surface area contributed by atoms with Crippen LogP contribution >= 0.6 is 24.0 Å². The average molecular weight is 541 g/mol. The molecule has 8 nitrogen and oxygen atoms in total. The lowest BCUT2D eigenvalue weighted by Crippen LogP contribution is -2.52. The quantitative estimate of drug-likeness (QED) is 0.317. The number of anilines is 1. The Balaban J connectivity index is 0.00000341. The minimum atomic E-state index is -0.752. The predicted molar refractivity (Wildman–Crippen MR) is 134 cm³/mol. The second kappa shape index (κ2) is 12.6. The third-order valence-corrected chi connectivity index (χ3v) is 5.06. The molecule has 0 radical (unpaired) electrons. The summed E-state index contributed by atoms with van der Waals surface area (Å²) in [5.74, 6) is 3.10. The number of piperazine rings is 1. The number of nitrogens with one attached hydrogen (secondary N) is 1. The molecule has 170 valence electrons. The van der Waals surface area contributed by atoms with Crippen molar-refractivity contribution in [3.8, 4) is 11.5 Å². The van der Waals surface area contributed by atoms with E-state index in [-0.39, 0.29) is 30.5 Å². The van der Waals surface area contributed by atoms with Crippen LogP contribution in [-0.2, 0) is 0 Å². The summed E-state index contributed by atoms with van der Waals surface area (Å²) in [7, 11) is 3.19. The van der Waals surface area contributed by atoms with Crippen molar-refractivity contribution in [2.75, 3.05) is 58.4 Å². The van der Waals surface area contributed by atoms with Crippen LogP contribution in [0.1, 0.15) is 18.6 Å². The molecule has 1 fully saturated rings. The predicted octanol–water partition coefficient (Wildman–Crippen LogP) is 2.54. The summed E-state index contributed by atoms with van der Waals surface area (Å²) < 4.78 is 10.6. The third-order valence-electron chi connectivity index (χ3n) is 5.06. The fourth-order valence-corrected chi connectivity index (χ4v) is 3.41. The normalized spacial score (nSPS) is 15.2. The van der Waals surface area contributed by atoms with Crippen LogP contribution in [0.2, 0.25) is 0 Å². The van der Waals surface area contributed by atoms with Gasteiger partial charge in [0.05, 0.1) is 26.9 Å². The van der Waals surface area contributed by atoms with Crippen LogP contribution in [0.15, 0.2) is 47.6 Å². The summed E-state index contributed by atoms with van der Waals surface area (Å²) in [6.07, 6.45) is 1.07. The highest BCUT2D eigenvalue weighted by Gasteiger charge is 2.21. The first-order valence-electron chi connectivity index (χ1n) is 10.2. The number of aliphatic hydroxyl groups is 1. The highest BCUT2D eigenvalue weighted by atomic mass is 127. The molecule has 2 aromatic rings. The van der Waals surface area contributed by atoms with E-state index in [0.717, 1.165) is 44.5 Å². The van der Waals surface area contributed by atoms with E-state index < -0.39 is 6.10 Å². The first-order chi connectivity index (χ1) is 14.6. The molecule has 0 saturated carbocycles. The highest BCUT2D eigenvalue weighted by Crippen LogP contribution is 2.26. The Hall–Kier alpha value is -2.27. The zero-order chi connectivity index (χ0) is 21.3. The van der Waals surface area contributed by atoms with Gasteiger partial charge < -0.3 is 29.7 Å². The Bertz CT molecular complexity index is 807. The number of methoxy groups -OCH3 is 2. The molecule has 0 aliphatic carbocycles. The highest BCUT2D eigenvalue weighted by molar-refractivity contribution is 14.0. The summed E-state index contributed by atoms with van der Waals surface area (Å²) in [6, 6.07) is 11.4. The summed E-state index contributed by atoms with van der Waals surface area (Å²) in [5, 5.41) is 14.0. The summed E-state index contributed by atoms with van der Waals surface area (Å²) >= 11 is 0.